The number of carbonyl (C=O) groups is 1. The molecule has 1 unspecified atom stereocenters. The van der Waals surface area contributed by atoms with E-state index in [0.29, 0.717) is 43.5 Å². The number of amides is 1. The number of rotatable bonds is 7. The van der Waals surface area contributed by atoms with E-state index in [1.807, 2.05) is 13.0 Å². The summed E-state index contributed by atoms with van der Waals surface area (Å²) in [5.74, 6) is 0.726. The molecular weight excluding hydrogens is 455 g/mol. The highest BCUT2D eigenvalue weighted by atomic mass is 19.4. The maximum Gasteiger partial charge on any atom is 0.416 e. The quantitative estimate of drug-likeness (QED) is 0.454. The van der Waals surface area contributed by atoms with Gasteiger partial charge in [0.1, 0.15) is 17.2 Å². The molecule has 1 N–H and O–H groups in total. The van der Waals surface area contributed by atoms with E-state index in [2.05, 4.69) is 5.32 Å². The van der Waals surface area contributed by atoms with Crippen LogP contribution in [0.15, 0.2) is 36.4 Å². The zero-order valence-corrected chi connectivity index (χ0v) is 19.0. The number of carbonyl (C=O) groups excluding carboxylic acids is 1. The Labute approximate surface area is 194 Å². The van der Waals surface area contributed by atoms with Gasteiger partial charge in [-0.15, -0.1) is 0 Å². The molecule has 3 rings (SSSR count). The van der Waals surface area contributed by atoms with Gasteiger partial charge >= 0.3 is 6.18 Å². The molecule has 11 heteroatoms. The van der Waals surface area contributed by atoms with Crippen molar-refractivity contribution in [2.75, 3.05) is 32.2 Å². The van der Waals surface area contributed by atoms with Crippen LogP contribution >= 0.6 is 0 Å². The zero-order valence-electron chi connectivity index (χ0n) is 19.0. The molecule has 1 atom stereocenters. The SMILES string of the molecule is COc1ccc(C(C)NC(=O)C2CCN(c3ccc(C(F)(F)F)cc3[N+](=O)[O-])CC2)c(OC)c1. The average molecular weight is 481 g/mol. The molecule has 1 amide bonds. The molecule has 2 aromatic rings. The van der Waals surface area contributed by atoms with Crippen LogP contribution in [-0.2, 0) is 11.0 Å². The number of piperidine rings is 1. The smallest absolute Gasteiger partial charge is 0.416 e. The van der Waals surface area contributed by atoms with E-state index in [9.17, 15) is 28.1 Å². The van der Waals surface area contributed by atoms with Gasteiger partial charge in [0.05, 0.1) is 30.7 Å². The van der Waals surface area contributed by atoms with Crippen LogP contribution in [0.2, 0.25) is 0 Å². The number of benzene rings is 2. The highest BCUT2D eigenvalue weighted by Gasteiger charge is 2.35. The third-order valence-electron chi connectivity index (χ3n) is 5.97. The minimum Gasteiger partial charge on any atom is -0.497 e. The summed E-state index contributed by atoms with van der Waals surface area (Å²) < 4.78 is 49.5. The predicted octanol–water partition coefficient (Wildman–Crippen LogP) is 4.72. The normalized spacial score (nSPS) is 15.5. The molecule has 1 aliphatic heterocycles. The third kappa shape index (κ3) is 5.52. The van der Waals surface area contributed by atoms with Crippen molar-refractivity contribution in [2.24, 2.45) is 5.92 Å². The molecule has 0 radical (unpaired) electrons. The number of nitrogens with zero attached hydrogens (tertiary/aromatic N) is 2. The van der Waals surface area contributed by atoms with Crippen LogP contribution in [0, 0.1) is 16.0 Å². The van der Waals surface area contributed by atoms with E-state index < -0.39 is 22.4 Å². The van der Waals surface area contributed by atoms with E-state index in [-0.39, 0.29) is 23.6 Å². The lowest BCUT2D eigenvalue weighted by molar-refractivity contribution is -0.384. The van der Waals surface area contributed by atoms with Gasteiger partial charge in [0, 0.05) is 36.7 Å². The van der Waals surface area contributed by atoms with Gasteiger partial charge in [-0.25, -0.2) is 0 Å². The number of hydrogen-bond acceptors (Lipinski definition) is 6. The number of hydrogen-bond donors (Lipinski definition) is 1. The number of halogens is 3. The predicted molar refractivity (Wildman–Crippen MR) is 119 cm³/mol. The first-order valence-corrected chi connectivity index (χ1v) is 10.7. The monoisotopic (exact) mass is 481 g/mol. The Balaban J connectivity index is 1.66. The summed E-state index contributed by atoms with van der Waals surface area (Å²) in [6.07, 6.45) is -3.84. The van der Waals surface area contributed by atoms with Crippen LogP contribution in [0.5, 0.6) is 11.5 Å². The first-order valence-electron chi connectivity index (χ1n) is 10.7. The highest BCUT2D eigenvalue weighted by molar-refractivity contribution is 5.79. The van der Waals surface area contributed by atoms with Crippen molar-refractivity contribution in [1.82, 2.24) is 5.32 Å². The number of nitrogens with one attached hydrogen (secondary N) is 1. The van der Waals surface area contributed by atoms with Crippen molar-refractivity contribution in [3.05, 3.63) is 57.6 Å². The van der Waals surface area contributed by atoms with Gasteiger partial charge in [-0.1, -0.05) is 0 Å². The lowest BCUT2D eigenvalue weighted by Crippen LogP contribution is -2.41. The molecule has 1 fully saturated rings. The fraction of sp³-hybridized carbons (Fsp3) is 0.435. The topological polar surface area (TPSA) is 93.9 Å². The van der Waals surface area contributed by atoms with Gasteiger partial charge in [0.2, 0.25) is 5.91 Å². The molecule has 0 aromatic heterocycles. The first-order chi connectivity index (χ1) is 16.0. The van der Waals surface area contributed by atoms with Crippen molar-refractivity contribution < 1.29 is 32.4 Å². The molecule has 2 aromatic carbocycles. The number of methoxy groups -OCH3 is 2. The summed E-state index contributed by atoms with van der Waals surface area (Å²) in [7, 11) is 3.08. The molecular formula is C23H26F3N3O5. The molecule has 184 valence electrons. The molecule has 1 saturated heterocycles. The minimum absolute atomic E-state index is 0.119. The number of ether oxygens (including phenoxy) is 2. The molecule has 34 heavy (non-hydrogen) atoms. The Hall–Kier alpha value is -3.50. The van der Waals surface area contributed by atoms with Gasteiger partial charge in [-0.2, -0.15) is 13.2 Å². The highest BCUT2D eigenvalue weighted by Crippen LogP contribution is 2.38. The Morgan fingerprint density at radius 3 is 2.38 bits per heavy atom. The summed E-state index contributed by atoms with van der Waals surface area (Å²) in [5, 5.41) is 14.4. The van der Waals surface area contributed by atoms with E-state index in [1.54, 1.807) is 24.1 Å². The zero-order chi connectivity index (χ0) is 25.0. The standard InChI is InChI=1S/C23H26F3N3O5/c1-14(18-6-5-17(33-2)13-21(18)34-3)27-22(30)15-8-10-28(11-9-15)19-7-4-16(23(24,25)26)12-20(19)29(31)32/h4-7,12-15H,8-11H2,1-3H3,(H,27,30). The Morgan fingerprint density at radius 1 is 1.15 bits per heavy atom. The largest absolute Gasteiger partial charge is 0.497 e. The van der Waals surface area contributed by atoms with E-state index in [4.69, 9.17) is 9.47 Å². The number of nitro benzene ring substituents is 1. The second-order valence-electron chi connectivity index (χ2n) is 8.06. The number of anilines is 1. The van der Waals surface area contributed by atoms with Crippen LogP contribution in [0.4, 0.5) is 24.5 Å². The van der Waals surface area contributed by atoms with Crippen molar-refractivity contribution in [3.63, 3.8) is 0 Å². The second-order valence-corrected chi connectivity index (χ2v) is 8.06. The summed E-state index contributed by atoms with van der Waals surface area (Å²) in [4.78, 5) is 25.1. The minimum atomic E-state index is -4.67. The Morgan fingerprint density at radius 2 is 1.82 bits per heavy atom. The summed E-state index contributed by atoms with van der Waals surface area (Å²) >= 11 is 0. The Kier molecular flexibility index (Phi) is 7.53. The fourth-order valence-corrected chi connectivity index (χ4v) is 4.08. The fourth-order valence-electron chi connectivity index (χ4n) is 4.08. The van der Waals surface area contributed by atoms with E-state index in [0.717, 1.165) is 17.7 Å². The molecule has 0 saturated carbocycles. The van der Waals surface area contributed by atoms with E-state index >= 15 is 0 Å². The van der Waals surface area contributed by atoms with Crippen molar-refractivity contribution in [2.45, 2.75) is 32.0 Å². The van der Waals surface area contributed by atoms with Crippen molar-refractivity contribution in [1.29, 1.82) is 0 Å². The Bertz CT molecular complexity index is 1050. The summed E-state index contributed by atoms with van der Waals surface area (Å²) in [5.41, 5.74) is -0.763. The van der Waals surface area contributed by atoms with Gasteiger partial charge in [-0.3, -0.25) is 14.9 Å². The average Bonchev–Trinajstić information content (AvgIpc) is 2.82. The van der Waals surface area contributed by atoms with Crippen LogP contribution in [-0.4, -0.2) is 38.1 Å². The van der Waals surface area contributed by atoms with Crippen LogP contribution in [0.25, 0.3) is 0 Å². The van der Waals surface area contributed by atoms with E-state index in [1.165, 1.54) is 7.11 Å². The van der Waals surface area contributed by atoms with Crippen LogP contribution in [0.1, 0.15) is 36.9 Å². The van der Waals surface area contributed by atoms with Crippen LogP contribution in [0.3, 0.4) is 0 Å². The van der Waals surface area contributed by atoms with Gasteiger partial charge < -0.3 is 19.7 Å². The van der Waals surface area contributed by atoms with Gasteiger partial charge in [0.25, 0.3) is 5.69 Å². The van der Waals surface area contributed by atoms with Crippen LogP contribution < -0.4 is 19.7 Å². The maximum absolute atomic E-state index is 13.0. The summed E-state index contributed by atoms with van der Waals surface area (Å²) in [6, 6.07) is 7.50. The lowest BCUT2D eigenvalue weighted by atomic mass is 9.94. The summed E-state index contributed by atoms with van der Waals surface area (Å²) in [6.45, 7) is 2.46. The molecule has 0 spiro atoms. The molecule has 1 aliphatic rings. The molecule has 0 aliphatic carbocycles. The number of alkyl halides is 3. The van der Waals surface area contributed by atoms with Gasteiger partial charge in [-0.05, 0) is 44.0 Å². The molecule has 8 nitrogen and oxygen atoms in total. The molecule has 1 heterocycles. The second kappa shape index (κ2) is 10.2. The first kappa shape index (κ1) is 25.1. The van der Waals surface area contributed by atoms with Gasteiger partial charge in [0.15, 0.2) is 0 Å². The van der Waals surface area contributed by atoms with Crippen molar-refractivity contribution >= 4 is 17.3 Å². The lowest BCUT2D eigenvalue weighted by Gasteiger charge is -2.33. The third-order valence-corrected chi connectivity index (χ3v) is 5.97. The van der Waals surface area contributed by atoms with Crippen molar-refractivity contribution in [3.8, 4) is 11.5 Å². The maximum atomic E-state index is 13.0. The molecule has 0 bridgehead atoms. The number of nitro groups is 1.